The van der Waals surface area contributed by atoms with E-state index in [0.29, 0.717) is 0 Å². The molecule has 84 valence electrons. The van der Waals surface area contributed by atoms with Crippen molar-refractivity contribution in [3.63, 3.8) is 0 Å². The maximum Gasteiger partial charge on any atom is 0.0938 e. The SMILES string of the molecule is CCc1cnc(C)c(C2=CC=CC(N)N2)c1. The molecule has 0 aromatic carbocycles. The Hall–Kier alpha value is -1.61. The molecule has 0 radical (unpaired) electrons. The second-order valence-corrected chi connectivity index (χ2v) is 3.97. The van der Waals surface area contributed by atoms with Gasteiger partial charge in [0.05, 0.1) is 6.17 Å². The van der Waals surface area contributed by atoms with Crippen LogP contribution in [0.25, 0.3) is 5.70 Å². The molecule has 0 bridgehead atoms. The number of allylic oxidation sites excluding steroid dienone is 2. The predicted octanol–water partition coefficient (Wildman–Crippen LogP) is 1.74. The topological polar surface area (TPSA) is 50.9 Å². The normalized spacial score (nSPS) is 19.2. The standard InChI is InChI=1S/C13H17N3/c1-3-10-7-11(9(2)15-8-10)12-5-4-6-13(14)16-12/h4-8,13,16H,3,14H2,1-2H3. The molecule has 2 rings (SSSR count). The number of nitrogens with zero attached hydrogens (tertiary/aromatic N) is 1. The van der Waals surface area contributed by atoms with Crippen molar-refractivity contribution in [1.82, 2.24) is 10.3 Å². The monoisotopic (exact) mass is 215 g/mol. The summed E-state index contributed by atoms with van der Waals surface area (Å²) in [5.74, 6) is 0. The van der Waals surface area contributed by atoms with Gasteiger partial charge in [-0.25, -0.2) is 0 Å². The molecular weight excluding hydrogens is 198 g/mol. The summed E-state index contributed by atoms with van der Waals surface area (Å²) in [6.07, 6.45) is 8.76. The summed E-state index contributed by atoms with van der Waals surface area (Å²) >= 11 is 0. The Labute approximate surface area is 96.1 Å². The molecule has 1 atom stereocenters. The van der Waals surface area contributed by atoms with E-state index < -0.39 is 0 Å². The molecular formula is C13H17N3. The Balaban J connectivity index is 2.39. The number of nitrogens with two attached hydrogens (primary N) is 1. The van der Waals surface area contributed by atoms with Gasteiger partial charge in [-0.3, -0.25) is 4.98 Å². The highest BCUT2D eigenvalue weighted by Gasteiger charge is 2.10. The Bertz CT molecular complexity index is 446. The minimum Gasteiger partial charge on any atom is -0.366 e. The lowest BCUT2D eigenvalue weighted by Gasteiger charge is -2.19. The van der Waals surface area contributed by atoms with Crippen molar-refractivity contribution in [2.45, 2.75) is 26.4 Å². The van der Waals surface area contributed by atoms with Crippen molar-refractivity contribution >= 4 is 5.70 Å². The van der Waals surface area contributed by atoms with Crippen molar-refractivity contribution in [3.8, 4) is 0 Å². The molecule has 3 nitrogen and oxygen atoms in total. The summed E-state index contributed by atoms with van der Waals surface area (Å²) in [5, 5.41) is 3.24. The van der Waals surface area contributed by atoms with E-state index in [2.05, 4.69) is 23.3 Å². The molecule has 0 fully saturated rings. The molecule has 1 unspecified atom stereocenters. The molecule has 3 N–H and O–H groups in total. The van der Waals surface area contributed by atoms with E-state index in [0.717, 1.165) is 23.4 Å². The van der Waals surface area contributed by atoms with E-state index in [1.54, 1.807) is 0 Å². The number of dihydropyridines is 1. The van der Waals surface area contributed by atoms with Crippen LogP contribution in [-0.2, 0) is 6.42 Å². The summed E-state index contributed by atoms with van der Waals surface area (Å²) in [6, 6.07) is 2.17. The molecule has 0 saturated heterocycles. The van der Waals surface area contributed by atoms with E-state index in [9.17, 15) is 0 Å². The highest BCUT2D eigenvalue weighted by atomic mass is 15.0. The minimum absolute atomic E-state index is 0.107. The zero-order valence-electron chi connectivity index (χ0n) is 9.70. The number of aromatic nitrogens is 1. The van der Waals surface area contributed by atoms with Crippen LogP contribution >= 0.6 is 0 Å². The lowest BCUT2D eigenvalue weighted by atomic mass is 10.0. The fourth-order valence-corrected chi connectivity index (χ4v) is 1.76. The Morgan fingerprint density at radius 1 is 1.50 bits per heavy atom. The van der Waals surface area contributed by atoms with Gasteiger partial charge in [0.1, 0.15) is 0 Å². The zero-order chi connectivity index (χ0) is 11.5. The maximum absolute atomic E-state index is 5.82. The molecule has 0 aliphatic carbocycles. The molecule has 2 heterocycles. The quantitative estimate of drug-likeness (QED) is 0.790. The van der Waals surface area contributed by atoms with Gasteiger partial charge in [-0.15, -0.1) is 0 Å². The molecule has 0 saturated carbocycles. The van der Waals surface area contributed by atoms with E-state index >= 15 is 0 Å². The largest absolute Gasteiger partial charge is 0.366 e. The van der Waals surface area contributed by atoms with Crippen LogP contribution in [0.2, 0.25) is 0 Å². The van der Waals surface area contributed by atoms with Crippen LogP contribution in [0.4, 0.5) is 0 Å². The summed E-state index contributed by atoms with van der Waals surface area (Å²) in [4.78, 5) is 4.40. The van der Waals surface area contributed by atoms with Gasteiger partial charge in [0.2, 0.25) is 0 Å². The first-order valence-corrected chi connectivity index (χ1v) is 5.57. The number of pyridine rings is 1. The third-order valence-corrected chi connectivity index (χ3v) is 2.75. The molecule has 1 aromatic heterocycles. The molecule has 0 spiro atoms. The molecule has 1 aliphatic rings. The molecule has 0 amide bonds. The van der Waals surface area contributed by atoms with Crippen molar-refractivity contribution in [2.24, 2.45) is 5.73 Å². The molecule has 1 aliphatic heterocycles. The zero-order valence-corrected chi connectivity index (χ0v) is 9.70. The summed E-state index contributed by atoms with van der Waals surface area (Å²) in [6.45, 7) is 4.14. The van der Waals surface area contributed by atoms with Crippen molar-refractivity contribution in [3.05, 3.63) is 47.3 Å². The lowest BCUT2D eigenvalue weighted by Crippen LogP contribution is -2.35. The second-order valence-electron chi connectivity index (χ2n) is 3.97. The maximum atomic E-state index is 5.82. The van der Waals surface area contributed by atoms with Crippen molar-refractivity contribution in [1.29, 1.82) is 0 Å². The van der Waals surface area contributed by atoms with Gasteiger partial charge in [0, 0.05) is 23.2 Å². The van der Waals surface area contributed by atoms with Gasteiger partial charge in [-0.05, 0) is 37.1 Å². The van der Waals surface area contributed by atoms with Crippen molar-refractivity contribution in [2.75, 3.05) is 0 Å². The average Bonchev–Trinajstić information content (AvgIpc) is 2.30. The van der Waals surface area contributed by atoms with E-state index in [1.807, 2.05) is 31.3 Å². The third kappa shape index (κ3) is 2.14. The molecule has 1 aromatic rings. The second kappa shape index (κ2) is 4.49. The number of aryl methyl sites for hydroxylation is 2. The summed E-state index contributed by atoms with van der Waals surface area (Å²) in [5.41, 5.74) is 10.3. The highest BCUT2D eigenvalue weighted by molar-refractivity contribution is 5.69. The Morgan fingerprint density at radius 2 is 2.31 bits per heavy atom. The van der Waals surface area contributed by atoms with Gasteiger partial charge in [-0.1, -0.05) is 13.0 Å². The smallest absolute Gasteiger partial charge is 0.0938 e. The highest BCUT2D eigenvalue weighted by Crippen LogP contribution is 2.19. The minimum atomic E-state index is -0.107. The summed E-state index contributed by atoms with van der Waals surface area (Å²) in [7, 11) is 0. The number of hydrogen-bond donors (Lipinski definition) is 2. The van der Waals surface area contributed by atoms with E-state index in [-0.39, 0.29) is 6.17 Å². The van der Waals surface area contributed by atoms with Crippen LogP contribution in [-0.4, -0.2) is 11.1 Å². The fraction of sp³-hybridized carbons (Fsp3) is 0.308. The average molecular weight is 215 g/mol. The van der Waals surface area contributed by atoms with E-state index in [1.165, 1.54) is 5.56 Å². The van der Waals surface area contributed by atoms with Gasteiger partial charge in [0.15, 0.2) is 0 Å². The van der Waals surface area contributed by atoms with Gasteiger partial charge in [-0.2, -0.15) is 0 Å². The number of nitrogens with one attached hydrogen (secondary N) is 1. The van der Waals surface area contributed by atoms with Crippen molar-refractivity contribution < 1.29 is 0 Å². The van der Waals surface area contributed by atoms with Crippen LogP contribution in [0.15, 0.2) is 30.5 Å². The number of rotatable bonds is 2. The fourth-order valence-electron chi connectivity index (χ4n) is 1.76. The Morgan fingerprint density at radius 3 is 3.00 bits per heavy atom. The van der Waals surface area contributed by atoms with E-state index in [4.69, 9.17) is 5.73 Å². The van der Waals surface area contributed by atoms with Crippen LogP contribution in [0.5, 0.6) is 0 Å². The molecule has 3 heteroatoms. The van der Waals surface area contributed by atoms with Gasteiger partial charge >= 0.3 is 0 Å². The first-order valence-electron chi connectivity index (χ1n) is 5.57. The first-order chi connectivity index (χ1) is 7.70. The van der Waals surface area contributed by atoms with Gasteiger partial charge < -0.3 is 11.1 Å². The third-order valence-electron chi connectivity index (χ3n) is 2.75. The van der Waals surface area contributed by atoms with Gasteiger partial charge in [0.25, 0.3) is 0 Å². The lowest BCUT2D eigenvalue weighted by molar-refractivity contribution is 0.742. The predicted molar refractivity (Wildman–Crippen MR) is 66.6 cm³/mol. The summed E-state index contributed by atoms with van der Waals surface area (Å²) < 4.78 is 0. The Kier molecular flexibility index (Phi) is 3.06. The van der Waals surface area contributed by atoms with Crippen LogP contribution in [0.1, 0.15) is 23.7 Å². The first kappa shape index (κ1) is 10.9. The molecule has 16 heavy (non-hydrogen) atoms. The number of hydrogen-bond acceptors (Lipinski definition) is 3. The van der Waals surface area contributed by atoms with Crippen LogP contribution in [0.3, 0.4) is 0 Å². The van der Waals surface area contributed by atoms with Crippen LogP contribution in [0, 0.1) is 6.92 Å². The van der Waals surface area contributed by atoms with Crippen LogP contribution < -0.4 is 11.1 Å².